The van der Waals surface area contributed by atoms with Gasteiger partial charge in [-0.3, -0.25) is 4.98 Å². The van der Waals surface area contributed by atoms with Crippen LogP contribution >= 0.6 is 0 Å². The van der Waals surface area contributed by atoms with Crippen molar-refractivity contribution < 1.29 is 4.74 Å². The van der Waals surface area contributed by atoms with Crippen molar-refractivity contribution >= 4 is 5.57 Å². The summed E-state index contributed by atoms with van der Waals surface area (Å²) in [6.45, 7) is 6.30. The molecular weight excluding hydrogens is 224 g/mol. The van der Waals surface area contributed by atoms with Gasteiger partial charge in [0.2, 0.25) is 0 Å². The average Bonchev–Trinajstić information content (AvgIpc) is 2.38. The van der Waals surface area contributed by atoms with Gasteiger partial charge < -0.3 is 9.64 Å². The summed E-state index contributed by atoms with van der Waals surface area (Å²) in [5.74, 6) is 0. The van der Waals surface area contributed by atoms with Crippen LogP contribution < -0.4 is 0 Å². The monoisotopic (exact) mass is 246 g/mol. The van der Waals surface area contributed by atoms with Crippen molar-refractivity contribution in [3.8, 4) is 0 Å². The lowest BCUT2D eigenvalue weighted by molar-refractivity contribution is 0.115. The van der Waals surface area contributed by atoms with Gasteiger partial charge in [-0.15, -0.1) is 0 Å². The Hall–Kier alpha value is -1.19. The molecule has 0 saturated heterocycles. The highest BCUT2D eigenvalue weighted by atomic mass is 16.5. The Morgan fingerprint density at radius 1 is 1.44 bits per heavy atom. The number of likely N-dealkylation sites (N-methyl/N-ethyl adjacent to an activating group) is 1. The van der Waals surface area contributed by atoms with Gasteiger partial charge in [0.25, 0.3) is 0 Å². The largest absolute Gasteiger partial charge is 0.375 e. The van der Waals surface area contributed by atoms with Crippen LogP contribution in [0.5, 0.6) is 0 Å². The minimum Gasteiger partial charge on any atom is -0.375 e. The van der Waals surface area contributed by atoms with Gasteiger partial charge in [-0.2, -0.15) is 0 Å². The lowest BCUT2D eigenvalue weighted by Crippen LogP contribution is -2.23. The van der Waals surface area contributed by atoms with E-state index in [1.54, 1.807) is 7.11 Å². The first-order valence-electron chi connectivity index (χ1n) is 6.49. The summed E-state index contributed by atoms with van der Waals surface area (Å²) in [5.41, 5.74) is 4.92. The van der Waals surface area contributed by atoms with Gasteiger partial charge in [-0.05, 0) is 50.1 Å². The number of rotatable bonds is 3. The zero-order chi connectivity index (χ0) is 13.1. The topological polar surface area (TPSA) is 25.4 Å². The average molecular weight is 246 g/mol. The van der Waals surface area contributed by atoms with Gasteiger partial charge in [0.05, 0.1) is 11.8 Å². The van der Waals surface area contributed by atoms with Gasteiger partial charge in [0.15, 0.2) is 0 Å². The molecule has 2 rings (SSSR count). The number of hydrogen-bond acceptors (Lipinski definition) is 3. The number of hydrogen-bond donors (Lipinski definition) is 0. The third kappa shape index (κ3) is 2.79. The molecule has 0 saturated carbocycles. The van der Waals surface area contributed by atoms with Gasteiger partial charge in [0, 0.05) is 26.4 Å². The first kappa shape index (κ1) is 13.2. The molecule has 0 radical (unpaired) electrons. The molecule has 0 unspecified atom stereocenters. The molecule has 0 bridgehead atoms. The normalized spacial score (nSPS) is 18.6. The van der Waals surface area contributed by atoms with E-state index in [0.717, 1.165) is 25.2 Å². The standard InChI is InChI=1S/C15H22N2O/c1-11-9-14(10-16-15(11)12(2)18-4)13-5-7-17(3)8-6-13/h5,9-10,12H,6-8H2,1-4H3/t12-/m0/s1. The summed E-state index contributed by atoms with van der Waals surface area (Å²) < 4.78 is 5.33. The van der Waals surface area contributed by atoms with Crippen molar-refractivity contribution in [2.24, 2.45) is 0 Å². The number of pyridine rings is 1. The first-order chi connectivity index (χ1) is 8.61. The van der Waals surface area contributed by atoms with Gasteiger partial charge >= 0.3 is 0 Å². The Morgan fingerprint density at radius 2 is 2.22 bits per heavy atom. The van der Waals surface area contributed by atoms with Crippen LogP contribution in [-0.4, -0.2) is 37.1 Å². The van der Waals surface area contributed by atoms with E-state index in [1.165, 1.54) is 16.7 Å². The Balaban J connectivity index is 2.24. The van der Waals surface area contributed by atoms with Crippen LogP contribution in [0.2, 0.25) is 0 Å². The van der Waals surface area contributed by atoms with Crippen molar-refractivity contribution in [2.45, 2.75) is 26.4 Å². The van der Waals surface area contributed by atoms with Crippen molar-refractivity contribution in [3.05, 3.63) is 35.2 Å². The molecule has 0 N–H and O–H groups in total. The van der Waals surface area contributed by atoms with Crippen LogP contribution in [0.1, 0.15) is 36.3 Å². The molecule has 3 heteroatoms. The second kappa shape index (κ2) is 5.63. The lowest BCUT2D eigenvalue weighted by Gasteiger charge is -2.22. The Bertz CT molecular complexity index is 454. The number of aryl methyl sites for hydroxylation is 1. The summed E-state index contributed by atoms with van der Waals surface area (Å²) in [4.78, 5) is 6.89. The van der Waals surface area contributed by atoms with E-state index >= 15 is 0 Å². The first-order valence-corrected chi connectivity index (χ1v) is 6.49. The number of nitrogens with zero attached hydrogens (tertiary/aromatic N) is 2. The molecule has 2 heterocycles. The third-order valence-electron chi connectivity index (χ3n) is 3.64. The predicted octanol–water partition coefficient (Wildman–Crippen LogP) is 2.82. The van der Waals surface area contributed by atoms with Crippen LogP contribution in [0.15, 0.2) is 18.3 Å². The lowest BCUT2D eigenvalue weighted by atomic mass is 9.98. The fraction of sp³-hybridized carbons (Fsp3) is 0.533. The van der Waals surface area contributed by atoms with Gasteiger partial charge in [0.1, 0.15) is 0 Å². The number of aromatic nitrogens is 1. The van der Waals surface area contributed by atoms with Crippen LogP contribution in [0, 0.1) is 6.92 Å². The molecule has 1 aromatic heterocycles. The molecule has 0 fully saturated rings. The second-order valence-electron chi connectivity index (χ2n) is 5.05. The fourth-order valence-electron chi connectivity index (χ4n) is 2.33. The van der Waals surface area contributed by atoms with Crippen LogP contribution in [0.3, 0.4) is 0 Å². The molecule has 1 atom stereocenters. The van der Waals surface area contributed by atoms with Crippen LogP contribution in [-0.2, 0) is 4.74 Å². The maximum atomic E-state index is 5.33. The second-order valence-corrected chi connectivity index (χ2v) is 5.05. The maximum absolute atomic E-state index is 5.33. The Morgan fingerprint density at radius 3 is 2.78 bits per heavy atom. The minimum atomic E-state index is 0.0607. The third-order valence-corrected chi connectivity index (χ3v) is 3.64. The highest BCUT2D eigenvalue weighted by molar-refractivity contribution is 5.66. The summed E-state index contributed by atoms with van der Waals surface area (Å²) in [6, 6.07) is 2.23. The van der Waals surface area contributed by atoms with E-state index in [1.807, 2.05) is 13.1 Å². The smallest absolute Gasteiger partial charge is 0.0965 e. The summed E-state index contributed by atoms with van der Waals surface area (Å²) in [6.07, 6.45) is 5.45. The molecule has 0 aromatic carbocycles. The van der Waals surface area contributed by atoms with E-state index in [9.17, 15) is 0 Å². The molecule has 3 nitrogen and oxygen atoms in total. The molecular formula is C15H22N2O. The molecule has 98 valence electrons. The van der Waals surface area contributed by atoms with E-state index in [4.69, 9.17) is 4.74 Å². The predicted molar refractivity (Wildman–Crippen MR) is 74.5 cm³/mol. The summed E-state index contributed by atoms with van der Waals surface area (Å²) in [5, 5.41) is 0. The summed E-state index contributed by atoms with van der Waals surface area (Å²) in [7, 11) is 3.87. The maximum Gasteiger partial charge on any atom is 0.0965 e. The fourth-order valence-corrected chi connectivity index (χ4v) is 2.33. The molecule has 0 aliphatic carbocycles. The molecule has 18 heavy (non-hydrogen) atoms. The molecule has 1 aliphatic rings. The van der Waals surface area contributed by atoms with Crippen LogP contribution in [0.25, 0.3) is 5.57 Å². The van der Waals surface area contributed by atoms with Crippen molar-refractivity contribution in [3.63, 3.8) is 0 Å². The zero-order valence-corrected chi connectivity index (χ0v) is 11.7. The van der Waals surface area contributed by atoms with E-state index in [2.05, 4.69) is 36.0 Å². The van der Waals surface area contributed by atoms with Crippen LogP contribution in [0.4, 0.5) is 0 Å². The van der Waals surface area contributed by atoms with Crippen molar-refractivity contribution in [1.29, 1.82) is 0 Å². The number of methoxy groups -OCH3 is 1. The Labute approximate surface area is 109 Å². The van der Waals surface area contributed by atoms with Crippen molar-refractivity contribution in [2.75, 3.05) is 27.2 Å². The van der Waals surface area contributed by atoms with Gasteiger partial charge in [-0.25, -0.2) is 0 Å². The molecule has 0 amide bonds. The highest BCUT2D eigenvalue weighted by Gasteiger charge is 2.13. The van der Waals surface area contributed by atoms with Crippen molar-refractivity contribution in [1.82, 2.24) is 9.88 Å². The quantitative estimate of drug-likeness (QED) is 0.820. The van der Waals surface area contributed by atoms with E-state index in [0.29, 0.717) is 0 Å². The minimum absolute atomic E-state index is 0.0607. The SMILES string of the molecule is CO[C@@H](C)c1ncc(C2=CCN(C)CC2)cc1C. The van der Waals surface area contributed by atoms with E-state index < -0.39 is 0 Å². The Kier molecular flexibility index (Phi) is 4.15. The molecule has 0 spiro atoms. The molecule has 1 aromatic rings. The zero-order valence-electron chi connectivity index (χ0n) is 11.7. The van der Waals surface area contributed by atoms with Gasteiger partial charge in [-0.1, -0.05) is 6.08 Å². The summed E-state index contributed by atoms with van der Waals surface area (Å²) >= 11 is 0. The highest BCUT2D eigenvalue weighted by Crippen LogP contribution is 2.25. The number of ether oxygens (including phenoxy) is 1. The van der Waals surface area contributed by atoms with E-state index in [-0.39, 0.29) is 6.10 Å². The molecule has 1 aliphatic heterocycles.